The van der Waals surface area contributed by atoms with E-state index in [9.17, 15) is 9.59 Å². The van der Waals surface area contributed by atoms with Gasteiger partial charge in [0.2, 0.25) is 5.91 Å². The number of rotatable bonds is 19. The van der Waals surface area contributed by atoms with Crippen molar-refractivity contribution in [2.45, 2.75) is 119 Å². The van der Waals surface area contributed by atoms with Crippen molar-refractivity contribution in [3.63, 3.8) is 0 Å². The van der Waals surface area contributed by atoms with E-state index in [2.05, 4.69) is 34.6 Å². The molecule has 0 radical (unpaired) electrons. The highest BCUT2D eigenvalue weighted by Crippen LogP contribution is 2.30. The molecule has 0 aromatic carbocycles. The highest BCUT2D eigenvalue weighted by atomic mass is 16.5. The van der Waals surface area contributed by atoms with Gasteiger partial charge in [0, 0.05) is 26.3 Å². The van der Waals surface area contributed by atoms with Crippen LogP contribution in [0.1, 0.15) is 119 Å². The zero-order valence-corrected chi connectivity index (χ0v) is 22.1. The number of amides is 3. The van der Waals surface area contributed by atoms with Crippen LogP contribution in [0.5, 0.6) is 0 Å². The van der Waals surface area contributed by atoms with Crippen molar-refractivity contribution >= 4 is 11.9 Å². The number of imide groups is 1. The van der Waals surface area contributed by atoms with Gasteiger partial charge in [0.1, 0.15) is 6.54 Å². The first kappa shape index (κ1) is 28.9. The quantitative estimate of drug-likeness (QED) is 0.156. The van der Waals surface area contributed by atoms with E-state index < -0.39 is 0 Å². The van der Waals surface area contributed by atoms with Gasteiger partial charge in [-0.25, -0.2) is 4.79 Å². The second-order valence-corrected chi connectivity index (χ2v) is 11.3. The minimum Gasteiger partial charge on any atom is -0.381 e. The lowest BCUT2D eigenvalue weighted by Gasteiger charge is -2.25. The van der Waals surface area contributed by atoms with Crippen LogP contribution in [0.4, 0.5) is 4.79 Å². The maximum Gasteiger partial charge on any atom is 0.327 e. The molecule has 0 N–H and O–H groups in total. The van der Waals surface area contributed by atoms with Crippen LogP contribution in [0.2, 0.25) is 0 Å². The molecule has 1 rings (SSSR count). The first-order chi connectivity index (χ1) is 15.1. The molecule has 0 aromatic rings. The Morgan fingerprint density at radius 1 is 0.750 bits per heavy atom. The summed E-state index contributed by atoms with van der Waals surface area (Å²) < 4.78 is 5.86. The molecular formula is C27H52N2O3. The van der Waals surface area contributed by atoms with Gasteiger partial charge in [-0.15, -0.1) is 0 Å². The molecule has 0 aliphatic carbocycles. The maximum absolute atomic E-state index is 12.1. The molecule has 0 spiro atoms. The predicted octanol–water partition coefficient (Wildman–Crippen LogP) is 7.04. The highest BCUT2D eigenvalue weighted by molar-refractivity contribution is 6.01. The van der Waals surface area contributed by atoms with Crippen molar-refractivity contribution < 1.29 is 14.3 Å². The summed E-state index contributed by atoms with van der Waals surface area (Å²) in [4.78, 5) is 27.1. The lowest BCUT2D eigenvalue weighted by molar-refractivity contribution is -0.125. The van der Waals surface area contributed by atoms with Gasteiger partial charge in [-0.05, 0) is 62.7 Å². The van der Waals surface area contributed by atoms with E-state index in [1.54, 1.807) is 4.90 Å². The molecule has 0 aromatic heterocycles. The van der Waals surface area contributed by atoms with E-state index in [0.717, 1.165) is 38.9 Å². The molecule has 1 fully saturated rings. The van der Waals surface area contributed by atoms with E-state index in [4.69, 9.17) is 4.74 Å². The van der Waals surface area contributed by atoms with Gasteiger partial charge in [0.05, 0.1) is 0 Å². The van der Waals surface area contributed by atoms with E-state index in [1.807, 2.05) is 6.92 Å². The van der Waals surface area contributed by atoms with E-state index in [-0.39, 0.29) is 18.5 Å². The van der Waals surface area contributed by atoms with E-state index in [0.29, 0.717) is 23.9 Å². The highest BCUT2D eigenvalue weighted by Gasteiger charge is 2.34. The van der Waals surface area contributed by atoms with E-state index >= 15 is 0 Å². The third kappa shape index (κ3) is 11.7. The van der Waals surface area contributed by atoms with Crippen LogP contribution in [-0.2, 0) is 9.53 Å². The summed E-state index contributed by atoms with van der Waals surface area (Å²) in [5.74, 6) is -0.0451. The number of unbranched alkanes of at least 4 members (excludes halogenated alkanes) is 4. The number of carbonyl (C=O) groups is 2. The molecule has 1 aliphatic rings. The topological polar surface area (TPSA) is 49.9 Å². The molecule has 1 aliphatic heterocycles. The van der Waals surface area contributed by atoms with Gasteiger partial charge in [-0.1, -0.05) is 66.7 Å². The third-order valence-corrected chi connectivity index (χ3v) is 6.99. The largest absolute Gasteiger partial charge is 0.381 e. The van der Waals surface area contributed by atoms with Crippen molar-refractivity contribution in [1.82, 2.24) is 9.80 Å². The molecule has 32 heavy (non-hydrogen) atoms. The lowest BCUT2D eigenvalue weighted by Crippen LogP contribution is -2.33. The van der Waals surface area contributed by atoms with Crippen LogP contribution in [0.3, 0.4) is 0 Å². The summed E-state index contributed by atoms with van der Waals surface area (Å²) >= 11 is 0. The van der Waals surface area contributed by atoms with Crippen molar-refractivity contribution in [3.8, 4) is 0 Å². The molecule has 0 saturated carbocycles. The molecule has 3 amide bonds. The average molecular weight is 453 g/mol. The van der Waals surface area contributed by atoms with Crippen LogP contribution in [-0.4, -0.2) is 54.6 Å². The summed E-state index contributed by atoms with van der Waals surface area (Å²) in [6.07, 6.45) is 14.4. The number of urea groups is 1. The predicted molar refractivity (Wildman–Crippen MR) is 134 cm³/mol. The summed E-state index contributed by atoms with van der Waals surface area (Å²) in [5, 5.41) is 0. The average Bonchev–Trinajstić information content (AvgIpc) is 3.01. The Kier molecular flexibility index (Phi) is 13.5. The van der Waals surface area contributed by atoms with Crippen LogP contribution in [0.25, 0.3) is 0 Å². The zero-order valence-electron chi connectivity index (χ0n) is 22.1. The summed E-state index contributed by atoms with van der Waals surface area (Å²) in [7, 11) is 0. The monoisotopic (exact) mass is 452 g/mol. The molecule has 5 heteroatoms. The molecular weight excluding hydrogens is 400 g/mol. The van der Waals surface area contributed by atoms with Gasteiger partial charge in [0.25, 0.3) is 0 Å². The van der Waals surface area contributed by atoms with Crippen LogP contribution in [0, 0.1) is 10.8 Å². The Morgan fingerprint density at radius 2 is 1.25 bits per heavy atom. The second kappa shape index (κ2) is 14.9. The Bertz CT molecular complexity index is 545. The summed E-state index contributed by atoms with van der Waals surface area (Å²) in [6.45, 7) is 16.8. The van der Waals surface area contributed by atoms with Gasteiger partial charge < -0.3 is 9.64 Å². The minimum atomic E-state index is -0.114. The number of hydrogen-bond acceptors (Lipinski definition) is 3. The van der Waals surface area contributed by atoms with Crippen LogP contribution < -0.4 is 0 Å². The Morgan fingerprint density at radius 3 is 1.72 bits per heavy atom. The number of likely N-dealkylation sites (N-methyl/N-ethyl adjacent to an activating group) is 1. The number of hydrogen-bond donors (Lipinski definition) is 0. The zero-order chi connectivity index (χ0) is 24.0. The second-order valence-electron chi connectivity index (χ2n) is 11.3. The Balaban J connectivity index is 2.02. The fraction of sp³-hybridized carbons (Fsp3) is 0.926. The molecule has 0 unspecified atom stereocenters. The molecule has 5 nitrogen and oxygen atoms in total. The Hall–Kier alpha value is -1.10. The standard InChI is InChI=1S/C27H52N2O3/c1-7-9-16-26(3,4)18-11-14-21-32-22-15-12-19-27(5,6)17-10-13-20-29-24(30)23-28(8-2)25(29)31/h7-23H2,1-6H3. The normalized spacial score (nSPS) is 15.3. The maximum atomic E-state index is 12.1. The molecule has 0 atom stereocenters. The fourth-order valence-corrected chi connectivity index (χ4v) is 4.56. The molecule has 1 heterocycles. The number of carbonyl (C=O) groups excluding carboxylic acids is 2. The van der Waals surface area contributed by atoms with E-state index in [1.165, 1.54) is 56.3 Å². The van der Waals surface area contributed by atoms with Crippen molar-refractivity contribution in [2.75, 3.05) is 32.8 Å². The number of ether oxygens (including phenoxy) is 1. The summed E-state index contributed by atoms with van der Waals surface area (Å²) in [5.41, 5.74) is 0.787. The third-order valence-electron chi connectivity index (χ3n) is 6.99. The summed E-state index contributed by atoms with van der Waals surface area (Å²) in [6, 6.07) is -0.114. The van der Waals surface area contributed by atoms with Crippen molar-refractivity contribution in [2.24, 2.45) is 10.8 Å². The fourth-order valence-electron chi connectivity index (χ4n) is 4.56. The first-order valence-electron chi connectivity index (χ1n) is 13.3. The van der Waals surface area contributed by atoms with Gasteiger partial charge in [-0.3, -0.25) is 9.69 Å². The van der Waals surface area contributed by atoms with Gasteiger partial charge in [-0.2, -0.15) is 0 Å². The van der Waals surface area contributed by atoms with Crippen molar-refractivity contribution in [1.29, 1.82) is 0 Å². The van der Waals surface area contributed by atoms with Crippen molar-refractivity contribution in [3.05, 3.63) is 0 Å². The minimum absolute atomic E-state index is 0.0451. The molecule has 0 bridgehead atoms. The number of nitrogens with zero attached hydrogens (tertiary/aromatic N) is 2. The molecule has 1 saturated heterocycles. The SMILES string of the molecule is CCCCC(C)(C)CCCCOCCCCC(C)(C)CCCCN1C(=O)CN(CC)C1=O. The lowest BCUT2D eigenvalue weighted by atomic mass is 9.82. The van der Waals surface area contributed by atoms with Crippen LogP contribution >= 0.6 is 0 Å². The Labute approximate surface area is 198 Å². The van der Waals surface area contributed by atoms with Gasteiger partial charge >= 0.3 is 6.03 Å². The molecule has 188 valence electrons. The van der Waals surface area contributed by atoms with Gasteiger partial charge in [0.15, 0.2) is 0 Å². The smallest absolute Gasteiger partial charge is 0.327 e. The van der Waals surface area contributed by atoms with Crippen LogP contribution in [0.15, 0.2) is 0 Å². The first-order valence-corrected chi connectivity index (χ1v) is 13.3.